The Hall–Kier alpha value is -2.31. The molecule has 0 saturated heterocycles. The van der Waals surface area contributed by atoms with E-state index in [-0.39, 0.29) is 5.92 Å². The maximum atomic E-state index is 12.1. The first kappa shape index (κ1) is 18.0. The third-order valence-electron chi connectivity index (χ3n) is 3.44. The van der Waals surface area contributed by atoms with E-state index < -0.39 is 11.8 Å². The second-order valence-electron chi connectivity index (χ2n) is 6.27. The van der Waals surface area contributed by atoms with Crippen LogP contribution < -0.4 is 10.2 Å². The van der Waals surface area contributed by atoms with Gasteiger partial charge in [0.25, 0.3) is 0 Å². The summed E-state index contributed by atoms with van der Waals surface area (Å²) in [5.41, 5.74) is -0.250. The quantitative estimate of drug-likeness (QED) is 0.614. The molecule has 6 heteroatoms. The summed E-state index contributed by atoms with van der Waals surface area (Å²) in [6, 6.07) is 8.86. The molecular formula is C18H24N2O4. The number of ether oxygens (including phenoxy) is 1. The van der Waals surface area contributed by atoms with Crippen LogP contribution >= 0.6 is 0 Å². The molecule has 1 aromatic carbocycles. The molecule has 130 valence electrons. The molecule has 0 heterocycles. The third kappa shape index (κ3) is 4.84. The van der Waals surface area contributed by atoms with Crippen LogP contribution in [0.1, 0.15) is 27.2 Å². The highest BCUT2D eigenvalue weighted by Gasteiger charge is 2.40. The molecule has 2 N–H and O–H groups in total. The van der Waals surface area contributed by atoms with Gasteiger partial charge in [0.1, 0.15) is 0 Å². The molecule has 0 radical (unpaired) electrons. The van der Waals surface area contributed by atoms with Gasteiger partial charge in [-0.1, -0.05) is 49.8 Å². The Labute approximate surface area is 142 Å². The lowest BCUT2D eigenvalue weighted by molar-refractivity contribution is -0.333. The molecule has 0 fully saturated rings. The Morgan fingerprint density at radius 1 is 1.38 bits per heavy atom. The van der Waals surface area contributed by atoms with Crippen LogP contribution in [-0.2, 0) is 4.74 Å². The SMILES string of the molecule is CC1=CC=CC(NC(=O)OCC(C)C)(N(O)Oc2ccccc2)C1. The Balaban J connectivity index is 2.13. The lowest BCUT2D eigenvalue weighted by Crippen LogP contribution is -2.60. The number of amides is 1. The fourth-order valence-electron chi connectivity index (χ4n) is 2.30. The highest BCUT2D eigenvalue weighted by molar-refractivity contribution is 5.69. The van der Waals surface area contributed by atoms with Gasteiger partial charge in [0.15, 0.2) is 11.4 Å². The zero-order valence-corrected chi connectivity index (χ0v) is 14.2. The van der Waals surface area contributed by atoms with Crippen LogP contribution in [0, 0.1) is 5.92 Å². The molecule has 0 saturated carbocycles. The topological polar surface area (TPSA) is 71.0 Å². The van der Waals surface area contributed by atoms with E-state index in [9.17, 15) is 10.0 Å². The Kier molecular flexibility index (Phi) is 6.00. The number of nitrogens with zero attached hydrogens (tertiary/aromatic N) is 1. The fourth-order valence-corrected chi connectivity index (χ4v) is 2.30. The van der Waals surface area contributed by atoms with Crippen molar-refractivity contribution in [3.05, 3.63) is 54.1 Å². The van der Waals surface area contributed by atoms with Crippen LogP contribution in [0.15, 0.2) is 54.1 Å². The van der Waals surface area contributed by atoms with Gasteiger partial charge in [0.05, 0.1) is 6.61 Å². The maximum absolute atomic E-state index is 12.1. The number of hydrogen-bond donors (Lipinski definition) is 2. The first-order chi connectivity index (χ1) is 11.4. The van der Waals surface area contributed by atoms with Crippen molar-refractivity contribution in [1.82, 2.24) is 10.5 Å². The van der Waals surface area contributed by atoms with Gasteiger partial charge in [-0.15, -0.1) is 0 Å². The summed E-state index contributed by atoms with van der Waals surface area (Å²) in [6.45, 7) is 6.11. The molecule has 0 aromatic heterocycles. The van der Waals surface area contributed by atoms with E-state index in [4.69, 9.17) is 9.57 Å². The summed E-state index contributed by atoms with van der Waals surface area (Å²) >= 11 is 0. The smallest absolute Gasteiger partial charge is 0.409 e. The van der Waals surface area contributed by atoms with Gasteiger partial charge in [-0.2, -0.15) is 0 Å². The standard InChI is InChI=1S/C18H24N2O4/c1-14(2)13-23-17(21)19-18(11-7-8-15(3)12-18)20(22)24-16-9-5-4-6-10-16/h4-11,14,22H,12-13H2,1-3H3,(H,19,21). The van der Waals surface area contributed by atoms with Crippen molar-refractivity contribution in [2.45, 2.75) is 32.9 Å². The van der Waals surface area contributed by atoms with Crippen molar-refractivity contribution in [1.29, 1.82) is 0 Å². The third-order valence-corrected chi connectivity index (χ3v) is 3.44. The number of allylic oxidation sites excluding steroid dienone is 2. The molecule has 0 spiro atoms. The molecule has 1 aliphatic carbocycles. The number of para-hydroxylation sites is 1. The van der Waals surface area contributed by atoms with Crippen LogP contribution in [0.4, 0.5) is 4.79 Å². The average Bonchev–Trinajstić information content (AvgIpc) is 2.54. The number of alkyl carbamates (subject to hydrolysis) is 1. The summed E-state index contributed by atoms with van der Waals surface area (Å²) < 4.78 is 5.17. The van der Waals surface area contributed by atoms with E-state index >= 15 is 0 Å². The minimum atomic E-state index is -1.23. The highest BCUT2D eigenvalue weighted by Crippen LogP contribution is 2.27. The van der Waals surface area contributed by atoms with Crippen LogP contribution in [0.5, 0.6) is 5.75 Å². The van der Waals surface area contributed by atoms with Gasteiger partial charge in [-0.05, 0) is 31.1 Å². The molecule has 24 heavy (non-hydrogen) atoms. The van der Waals surface area contributed by atoms with Crippen molar-refractivity contribution in [3.63, 3.8) is 0 Å². The summed E-state index contributed by atoms with van der Waals surface area (Å²) in [5, 5.41) is 13.8. The van der Waals surface area contributed by atoms with Gasteiger partial charge < -0.3 is 9.57 Å². The van der Waals surface area contributed by atoms with Crippen molar-refractivity contribution in [2.75, 3.05) is 6.61 Å². The lowest BCUT2D eigenvalue weighted by Gasteiger charge is -2.38. The van der Waals surface area contributed by atoms with Crippen molar-refractivity contribution in [2.24, 2.45) is 5.92 Å². The first-order valence-electron chi connectivity index (χ1n) is 7.93. The Morgan fingerprint density at radius 2 is 2.08 bits per heavy atom. The zero-order chi connectivity index (χ0) is 17.6. The van der Waals surface area contributed by atoms with Gasteiger partial charge in [-0.3, -0.25) is 10.5 Å². The van der Waals surface area contributed by atoms with E-state index in [0.29, 0.717) is 24.0 Å². The van der Waals surface area contributed by atoms with E-state index in [0.717, 1.165) is 5.57 Å². The highest BCUT2D eigenvalue weighted by atomic mass is 16.9. The van der Waals surface area contributed by atoms with Gasteiger partial charge >= 0.3 is 6.09 Å². The Bertz CT molecular complexity index is 613. The number of nitrogens with one attached hydrogen (secondary N) is 1. The maximum Gasteiger partial charge on any atom is 0.409 e. The van der Waals surface area contributed by atoms with Crippen molar-refractivity contribution < 1.29 is 19.6 Å². The number of hydroxylamine groups is 2. The number of rotatable bonds is 6. The molecule has 6 nitrogen and oxygen atoms in total. The second kappa shape index (κ2) is 7.99. The van der Waals surface area contributed by atoms with E-state index in [1.165, 1.54) is 0 Å². The van der Waals surface area contributed by atoms with E-state index in [1.807, 2.05) is 32.9 Å². The predicted molar refractivity (Wildman–Crippen MR) is 90.3 cm³/mol. The number of hydrogen-bond acceptors (Lipinski definition) is 5. The normalized spacial score (nSPS) is 20.0. The van der Waals surface area contributed by atoms with Gasteiger partial charge in [-0.25, -0.2) is 4.79 Å². The van der Waals surface area contributed by atoms with Crippen LogP contribution in [0.2, 0.25) is 0 Å². The average molecular weight is 332 g/mol. The van der Waals surface area contributed by atoms with Gasteiger partial charge in [0, 0.05) is 11.6 Å². The molecule has 1 aliphatic rings. The van der Waals surface area contributed by atoms with Crippen LogP contribution in [0.25, 0.3) is 0 Å². The largest absolute Gasteiger partial charge is 0.449 e. The van der Waals surface area contributed by atoms with E-state index in [2.05, 4.69) is 5.32 Å². The van der Waals surface area contributed by atoms with Crippen LogP contribution in [0.3, 0.4) is 0 Å². The van der Waals surface area contributed by atoms with Gasteiger partial charge in [0.2, 0.25) is 0 Å². The lowest BCUT2D eigenvalue weighted by atomic mass is 9.96. The summed E-state index contributed by atoms with van der Waals surface area (Å²) in [5.74, 6) is 0.679. The predicted octanol–water partition coefficient (Wildman–Crippen LogP) is 3.66. The molecule has 0 bridgehead atoms. The molecular weight excluding hydrogens is 308 g/mol. The zero-order valence-electron chi connectivity index (χ0n) is 14.2. The van der Waals surface area contributed by atoms with Crippen molar-refractivity contribution in [3.8, 4) is 5.75 Å². The summed E-state index contributed by atoms with van der Waals surface area (Å²) in [6.07, 6.45) is 5.09. The number of benzene rings is 1. The molecule has 1 atom stereocenters. The Morgan fingerprint density at radius 3 is 2.71 bits per heavy atom. The molecule has 0 aliphatic heterocycles. The summed E-state index contributed by atoms with van der Waals surface area (Å²) in [7, 11) is 0. The van der Waals surface area contributed by atoms with Crippen molar-refractivity contribution >= 4 is 6.09 Å². The summed E-state index contributed by atoms with van der Waals surface area (Å²) in [4.78, 5) is 17.6. The van der Waals surface area contributed by atoms with Crippen LogP contribution in [-0.4, -0.2) is 28.8 Å². The molecule has 1 aromatic rings. The molecule has 1 unspecified atom stereocenters. The molecule has 1 amide bonds. The minimum Gasteiger partial charge on any atom is -0.449 e. The van der Waals surface area contributed by atoms with E-state index in [1.54, 1.807) is 36.4 Å². The first-order valence-corrected chi connectivity index (χ1v) is 7.93. The number of carbonyl (C=O) groups excluding carboxylic acids is 1. The number of carbonyl (C=O) groups is 1. The second-order valence-corrected chi connectivity index (χ2v) is 6.27. The fraction of sp³-hybridized carbons (Fsp3) is 0.389. The monoisotopic (exact) mass is 332 g/mol. The molecule has 2 rings (SSSR count). The minimum absolute atomic E-state index is 0.223.